The Balaban J connectivity index is -0.000000285. The molecule has 3 unspecified atom stereocenters. The fourth-order valence-corrected chi connectivity index (χ4v) is 6.63. The van der Waals surface area contributed by atoms with Crippen LogP contribution in [0.15, 0.2) is 0 Å². The fourth-order valence-electron chi connectivity index (χ4n) is 5.19. The van der Waals surface area contributed by atoms with Crippen molar-refractivity contribution in [2.75, 3.05) is 18.5 Å². The Bertz CT molecular complexity index is 533. The number of hydrogen-bond donors (Lipinski definition) is 0. The van der Waals surface area contributed by atoms with Crippen molar-refractivity contribution in [3.8, 4) is 0 Å². The van der Waals surface area contributed by atoms with Crippen LogP contribution in [0.1, 0.15) is 213 Å². The summed E-state index contributed by atoms with van der Waals surface area (Å²) in [6.45, 7) is 6.71. The Hall–Kier alpha value is 0.699. The molecule has 3 atom stereocenters. The number of hydrogen-bond acceptors (Lipinski definition) is 6. The van der Waals surface area contributed by atoms with Crippen molar-refractivity contribution in [3.05, 3.63) is 0 Å². The molecule has 10 heteroatoms. The van der Waals surface area contributed by atoms with Gasteiger partial charge in [0.15, 0.2) is 0 Å². The van der Waals surface area contributed by atoms with Crippen LogP contribution in [0.5, 0.6) is 0 Å². The molecular weight excluding hydrogens is 677 g/mol. The van der Waals surface area contributed by atoms with Crippen LogP contribution in [-0.4, -0.2) is 18.5 Å². The summed E-state index contributed by atoms with van der Waals surface area (Å²) in [5.41, 5.74) is 0. The fraction of sp³-hybridized carbons (Fsp3) is 1.00. The molecule has 0 aromatic carbocycles. The third kappa shape index (κ3) is 63.4. The molecule has 0 spiro atoms. The molecule has 0 fully saturated rings. The first kappa shape index (κ1) is 53.5. The summed E-state index contributed by atoms with van der Waals surface area (Å²) in [5, 5.41) is 0. The van der Waals surface area contributed by atoms with Crippen LogP contribution in [0.2, 0.25) is 0 Å². The standard InChI is InChI=1S/3C12H25O2P.Fe/c3*1-2-3-4-5-6-7-8-9-10-11-12-15(13)14;/h3*2-12H2,1H3;/q;;;+3. The van der Waals surface area contributed by atoms with Gasteiger partial charge in [-0.1, -0.05) is 189 Å². The van der Waals surface area contributed by atoms with Crippen molar-refractivity contribution >= 4 is 24.1 Å². The number of unbranched alkanes of at least 4 members (excludes halogenated alkanes) is 27. The minimum Gasteiger partial charge on any atom is -0.596 e. The summed E-state index contributed by atoms with van der Waals surface area (Å²) in [7, 11) is -6.41. The van der Waals surface area contributed by atoms with Gasteiger partial charge in [-0.15, -0.1) is 0 Å². The molecule has 0 saturated heterocycles. The summed E-state index contributed by atoms with van der Waals surface area (Å²) in [4.78, 5) is 30.8. The normalized spacial score (nSPS) is 11.5. The third-order valence-corrected chi connectivity index (χ3v) is 10.1. The van der Waals surface area contributed by atoms with Gasteiger partial charge in [-0.2, -0.15) is 0 Å². The van der Waals surface area contributed by atoms with Crippen LogP contribution in [0, 0.1) is 0 Å². The van der Waals surface area contributed by atoms with Gasteiger partial charge in [0.1, 0.15) is 18.5 Å². The quantitative estimate of drug-likeness (QED) is 0.0374. The minimum atomic E-state index is -2.14. The molecule has 6 nitrogen and oxygen atoms in total. The average molecular weight is 753 g/mol. The Morgan fingerprint density at radius 2 is 0.413 bits per heavy atom. The van der Waals surface area contributed by atoms with Crippen molar-refractivity contribution in [2.24, 2.45) is 0 Å². The summed E-state index contributed by atoms with van der Waals surface area (Å²) in [6, 6.07) is 0. The van der Waals surface area contributed by atoms with E-state index in [2.05, 4.69) is 20.8 Å². The summed E-state index contributed by atoms with van der Waals surface area (Å²) >= 11 is 0. The number of rotatable bonds is 33. The molecule has 0 aromatic heterocycles. The van der Waals surface area contributed by atoms with Gasteiger partial charge in [0.05, 0.1) is 0 Å². The van der Waals surface area contributed by atoms with Gasteiger partial charge in [-0.3, -0.25) is 0 Å². The molecule has 46 heavy (non-hydrogen) atoms. The largest absolute Gasteiger partial charge is 3.00 e. The monoisotopic (exact) mass is 752 g/mol. The first-order chi connectivity index (χ1) is 21.8. The van der Waals surface area contributed by atoms with Crippen LogP contribution in [0.4, 0.5) is 0 Å². The van der Waals surface area contributed by atoms with E-state index in [1.165, 1.54) is 154 Å². The summed E-state index contributed by atoms with van der Waals surface area (Å²) in [6.07, 6.45) is 38.8. The molecule has 0 aliphatic carbocycles. The SMILES string of the molecule is CCCCCCCCCCCC[P+](=O)[O-].CCCCCCCCCCCC[P+](=O)[O-].CCCCCCCCCCCC[P+](=O)[O-].[Fe+3]. The molecule has 0 aliphatic rings. The molecule has 0 rings (SSSR count). The zero-order valence-corrected chi connectivity index (χ0v) is 34.3. The van der Waals surface area contributed by atoms with E-state index < -0.39 is 24.1 Å². The second-order valence-corrected chi connectivity index (χ2v) is 16.1. The molecule has 0 aromatic rings. The van der Waals surface area contributed by atoms with E-state index in [-0.39, 0.29) is 17.1 Å². The zero-order valence-electron chi connectivity index (χ0n) is 30.5. The van der Waals surface area contributed by atoms with Crippen molar-refractivity contribution in [2.45, 2.75) is 213 Å². The second-order valence-electron chi connectivity index (χ2n) is 12.7. The van der Waals surface area contributed by atoms with Gasteiger partial charge in [0.25, 0.3) is 0 Å². The Morgan fingerprint density at radius 3 is 0.543 bits per heavy atom. The van der Waals surface area contributed by atoms with Gasteiger partial charge < -0.3 is 14.7 Å². The molecule has 0 N–H and O–H groups in total. The van der Waals surface area contributed by atoms with Gasteiger partial charge >= 0.3 is 41.2 Å². The van der Waals surface area contributed by atoms with Gasteiger partial charge in [-0.05, 0) is 38.5 Å². The van der Waals surface area contributed by atoms with Gasteiger partial charge in [0, 0.05) is 0 Å². The van der Waals surface area contributed by atoms with Crippen molar-refractivity contribution in [1.82, 2.24) is 0 Å². The van der Waals surface area contributed by atoms with E-state index in [1.54, 1.807) is 0 Å². The maximum absolute atomic E-state index is 10.3. The Labute approximate surface area is 300 Å². The first-order valence-electron chi connectivity index (χ1n) is 19.2. The van der Waals surface area contributed by atoms with E-state index in [9.17, 15) is 28.4 Å². The molecular formula is C36H75FeO6P3+3. The molecule has 0 bridgehead atoms. The maximum atomic E-state index is 10.3. The Morgan fingerprint density at radius 1 is 0.283 bits per heavy atom. The van der Waals surface area contributed by atoms with Crippen LogP contribution < -0.4 is 14.7 Å². The molecule has 0 saturated carbocycles. The van der Waals surface area contributed by atoms with E-state index in [0.29, 0.717) is 18.5 Å². The minimum absolute atomic E-state index is 0. The van der Waals surface area contributed by atoms with E-state index in [1.807, 2.05) is 0 Å². The smallest absolute Gasteiger partial charge is 0.596 e. The van der Waals surface area contributed by atoms with E-state index in [0.717, 1.165) is 38.5 Å². The molecule has 0 heterocycles. The maximum Gasteiger partial charge on any atom is 3.00 e. The average Bonchev–Trinajstić information content (AvgIpc) is 3.00. The van der Waals surface area contributed by atoms with Gasteiger partial charge in [-0.25, -0.2) is 0 Å². The Kier molecular flexibility index (Phi) is 58.2. The summed E-state index contributed by atoms with van der Waals surface area (Å²) in [5.74, 6) is 0. The molecule has 275 valence electrons. The molecule has 0 aliphatic heterocycles. The molecule has 0 amide bonds. The predicted molar refractivity (Wildman–Crippen MR) is 193 cm³/mol. The third-order valence-electron chi connectivity index (χ3n) is 8.08. The predicted octanol–water partition coefficient (Wildman–Crippen LogP) is 12.0. The second kappa shape index (κ2) is 50.1. The van der Waals surface area contributed by atoms with E-state index >= 15 is 0 Å². The summed E-state index contributed by atoms with van der Waals surface area (Å²) < 4.78 is 30.8. The zero-order chi connectivity index (χ0) is 34.1. The van der Waals surface area contributed by atoms with Crippen molar-refractivity contribution in [3.63, 3.8) is 0 Å². The topological polar surface area (TPSA) is 120 Å². The van der Waals surface area contributed by atoms with Crippen LogP contribution >= 0.6 is 24.1 Å². The van der Waals surface area contributed by atoms with Crippen molar-refractivity contribution in [1.29, 1.82) is 0 Å². The first-order valence-corrected chi connectivity index (χ1v) is 23.3. The van der Waals surface area contributed by atoms with Crippen molar-refractivity contribution < 1.29 is 45.4 Å². The van der Waals surface area contributed by atoms with E-state index in [4.69, 9.17) is 0 Å². The van der Waals surface area contributed by atoms with Gasteiger partial charge in [0.2, 0.25) is 0 Å². The van der Waals surface area contributed by atoms with Crippen LogP contribution in [0.3, 0.4) is 0 Å². The van der Waals surface area contributed by atoms with Crippen LogP contribution in [-0.2, 0) is 30.8 Å². The van der Waals surface area contributed by atoms with Crippen LogP contribution in [0.25, 0.3) is 0 Å². The molecule has 1 radical (unpaired) electrons.